The smallest absolute Gasteiger partial charge is 0.444 e. The maximum Gasteiger partial charge on any atom is 0.474 e. The van der Waals surface area contributed by atoms with Crippen molar-refractivity contribution < 1.29 is 27.7 Å². The van der Waals surface area contributed by atoms with Crippen LogP contribution in [0.1, 0.15) is 53.9 Å². The van der Waals surface area contributed by atoms with E-state index in [9.17, 15) is 9.36 Å². The van der Waals surface area contributed by atoms with Gasteiger partial charge in [-0.1, -0.05) is 0 Å². The van der Waals surface area contributed by atoms with Crippen LogP contribution in [0.25, 0.3) is 0 Å². The van der Waals surface area contributed by atoms with Gasteiger partial charge in [-0.15, -0.1) is 0 Å². The Morgan fingerprint density at radius 1 is 0.931 bits per heavy atom. The molecule has 0 unspecified atom stereocenters. The third kappa shape index (κ3) is 17.8. The third-order valence-corrected chi connectivity index (χ3v) is 5.25. The first-order valence-corrected chi connectivity index (χ1v) is 12.0. The highest BCUT2D eigenvalue weighted by atomic mass is 31.2. The van der Waals surface area contributed by atoms with Gasteiger partial charge in [0.2, 0.25) is 0 Å². The quantitative estimate of drug-likeness (QED) is 0.263. The number of carbonyl (C=O) groups excluding carboxylic acids is 1. The molecule has 0 aliphatic carbocycles. The highest BCUT2D eigenvalue weighted by Crippen LogP contribution is 2.49. The fourth-order valence-corrected chi connectivity index (χ4v) is 3.57. The van der Waals surface area contributed by atoms with Crippen molar-refractivity contribution >= 4 is 13.9 Å². The Bertz CT molecular complexity index is 463. The second-order valence-electron chi connectivity index (χ2n) is 7.66. The summed E-state index contributed by atoms with van der Waals surface area (Å²) in [4.78, 5) is 13.8. The van der Waals surface area contributed by atoms with E-state index in [1.807, 2.05) is 20.8 Å². The van der Waals surface area contributed by atoms with Crippen LogP contribution < -0.4 is 10.6 Å². The zero-order valence-electron chi connectivity index (χ0n) is 19.1. The van der Waals surface area contributed by atoms with Crippen LogP contribution >= 0.6 is 7.82 Å². The van der Waals surface area contributed by atoms with Gasteiger partial charge in [0.1, 0.15) is 5.60 Å². The Labute approximate surface area is 176 Å². The molecule has 0 bridgehead atoms. The number of alkyl carbamates (subject to hydrolysis) is 1. The summed E-state index contributed by atoms with van der Waals surface area (Å²) in [5, 5.41) is 6.11. The molecule has 0 saturated heterocycles. The maximum atomic E-state index is 12.1. The van der Waals surface area contributed by atoms with Gasteiger partial charge in [-0.2, -0.15) is 0 Å². The Balaban J connectivity index is 3.59. The first-order chi connectivity index (χ1) is 13.6. The average molecular weight is 440 g/mol. The lowest BCUT2D eigenvalue weighted by atomic mass is 10.2. The molecule has 0 fully saturated rings. The van der Waals surface area contributed by atoms with Crippen molar-refractivity contribution in [3.63, 3.8) is 0 Å². The predicted molar refractivity (Wildman–Crippen MR) is 115 cm³/mol. The fraction of sp³-hybridized carbons (Fsp3) is 0.947. The molecular weight excluding hydrogens is 397 g/mol. The van der Waals surface area contributed by atoms with Gasteiger partial charge in [0.05, 0.1) is 19.8 Å². The molecule has 174 valence electrons. The molecule has 1 amide bonds. The van der Waals surface area contributed by atoms with E-state index in [2.05, 4.69) is 22.6 Å². The summed E-state index contributed by atoms with van der Waals surface area (Å²) in [6.45, 7) is 14.1. The van der Waals surface area contributed by atoms with E-state index >= 15 is 0 Å². The van der Waals surface area contributed by atoms with Crippen molar-refractivity contribution in [2.45, 2.75) is 59.5 Å². The van der Waals surface area contributed by atoms with Gasteiger partial charge in [0, 0.05) is 6.54 Å². The molecule has 29 heavy (non-hydrogen) atoms. The van der Waals surface area contributed by atoms with Gasteiger partial charge in [0.25, 0.3) is 0 Å². The molecule has 0 atom stereocenters. The molecule has 0 aliphatic rings. The summed E-state index contributed by atoms with van der Waals surface area (Å²) in [6, 6.07) is 0. The minimum atomic E-state index is -3.39. The number of nitrogens with zero attached hydrogens (tertiary/aromatic N) is 1. The molecule has 10 heteroatoms. The van der Waals surface area contributed by atoms with Crippen LogP contribution in [0.2, 0.25) is 0 Å². The highest BCUT2D eigenvalue weighted by Gasteiger charge is 2.24. The number of carbonyl (C=O) groups is 1. The van der Waals surface area contributed by atoms with Gasteiger partial charge < -0.3 is 20.3 Å². The van der Waals surface area contributed by atoms with Crippen LogP contribution in [0.15, 0.2) is 0 Å². The van der Waals surface area contributed by atoms with E-state index in [0.29, 0.717) is 26.4 Å². The number of ether oxygens (including phenoxy) is 1. The molecule has 0 heterocycles. The summed E-state index contributed by atoms with van der Waals surface area (Å²) in [7, 11) is -1.32. The maximum absolute atomic E-state index is 12.1. The monoisotopic (exact) mass is 439 g/mol. The van der Waals surface area contributed by atoms with Crippen molar-refractivity contribution in [1.29, 1.82) is 0 Å². The summed E-state index contributed by atoms with van der Waals surface area (Å²) in [6.07, 6.45) is 2.26. The zero-order chi connectivity index (χ0) is 22.2. The molecule has 0 radical (unpaired) electrons. The van der Waals surface area contributed by atoms with Crippen LogP contribution in [-0.2, 0) is 22.9 Å². The lowest BCUT2D eigenvalue weighted by Gasteiger charge is -2.20. The third-order valence-electron chi connectivity index (χ3n) is 3.60. The van der Waals surface area contributed by atoms with Crippen LogP contribution in [0.4, 0.5) is 4.79 Å². The number of hydrogen-bond acceptors (Lipinski definition) is 8. The zero-order valence-corrected chi connectivity index (χ0v) is 20.0. The lowest BCUT2D eigenvalue weighted by Crippen LogP contribution is -2.34. The van der Waals surface area contributed by atoms with Gasteiger partial charge >= 0.3 is 13.9 Å². The topological polar surface area (TPSA) is 98.4 Å². The number of rotatable bonds is 17. The first-order valence-electron chi connectivity index (χ1n) is 10.5. The number of hydrogen-bond donors (Lipinski definition) is 2. The van der Waals surface area contributed by atoms with E-state index in [0.717, 1.165) is 45.4 Å². The molecule has 0 aliphatic heterocycles. The number of amides is 1. The summed E-state index contributed by atoms with van der Waals surface area (Å²) in [5.41, 5.74) is -0.466. The summed E-state index contributed by atoms with van der Waals surface area (Å²) in [5.74, 6) is 0. The van der Waals surface area contributed by atoms with Crippen LogP contribution in [0.5, 0.6) is 0 Å². The highest BCUT2D eigenvalue weighted by molar-refractivity contribution is 7.48. The summed E-state index contributed by atoms with van der Waals surface area (Å²) < 4.78 is 32.7. The Morgan fingerprint density at radius 2 is 1.48 bits per heavy atom. The Kier molecular flexibility index (Phi) is 15.7. The normalized spacial score (nSPS) is 12.4. The minimum Gasteiger partial charge on any atom is -0.444 e. The van der Waals surface area contributed by atoms with Gasteiger partial charge in [-0.3, -0.25) is 13.6 Å². The molecular formula is C19H42N3O6P. The van der Waals surface area contributed by atoms with Gasteiger partial charge in [-0.05, 0) is 87.1 Å². The molecule has 0 aromatic carbocycles. The molecule has 0 saturated carbocycles. The predicted octanol–water partition coefficient (Wildman–Crippen LogP) is 3.40. The lowest BCUT2D eigenvalue weighted by molar-refractivity contribution is 0.0526. The van der Waals surface area contributed by atoms with Crippen molar-refractivity contribution in [1.82, 2.24) is 15.5 Å². The van der Waals surface area contributed by atoms with E-state index in [1.165, 1.54) is 0 Å². The first kappa shape index (κ1) is 28.3. The van der Waals surface area contributed by atoms with Gasteiger partial charge in [-0.25, -0.2) is 9.36 Å². The average Bonchev–Trinajstić information content (AvgIpc) is 2.60. The number of phosphoric ester groups is 1. The largest absolute Gasteiger partial charge is 0.474 e. The van der Waals surface area contributed by atoms with Gasteiger partial charge in [0.15, 0.2) is 0 Å². The van der Waals surface area contributed by atoms with Crippen molar-refractivity contribution in [2.75, 3.05) is 59.6 Å². The van der Waals surface area contributed by atoms with Crippen LogP contribution in [0, 0.1) is 0 Å². The van der Waals surface area contributed by atoms with Crippen molar-refractivity contribution in [3.05, 3.63) is 0 Å². The van der Waals surface area contributed by atoms with Crippen LogP contribution in [0.3, 0.4) is 0 Å². The molecule has 2 N–H and O–H groups in total. The molecule has 0 spiro atoms. The summed E-state index contributed by atoms with van der Waals surface area (Å²) >= 11 is 0. The minimum absolute atomic E-state index is 0.292. The molecule has 0 aromatic heterocycles. The number of nitrogens with one attached hydrogen (secondary N) is 2. The van der Waals surface area contributed by atoms with E-state index < -0.39 is 13.4 Å². The second kappa shape index (κ2) is 16.1. The van der Waals surface area contributed by atoms with E-state index in [4.69, 9.17) is 18.3 Å². The number of phosphoric acid groups is 1. The van der Waals surface area contributed by atoms with Crippen molar-refractivity contribution in [2.24, 2.45) is 0 Å². The fourth-order valence-electron chi connectivity index (χ4n) is 2.37. The molecule has 9 nitrogen and oxygen atoms in total. The standard InChI is InChI=1S/C19H42N3O6P/c1-7-25-29(24,26-8-2)27-17-11-13-20-12-9-15-22(6)16-10-14-21-18(23)28-19(3,4)5/h20H,7-17H2,1-6H3,(H,21,23). The van der Waals surface area contributed by atoms with Crippen LogP contribution in [-0.4, -0.2) is 76.2 Å². The SMILES string of the molecule is CCOP(=O)(OCC)OCCCNCCCN(C)CCCNC(=O)OC(C)(C)C. The van der Waals surface area contributed by atoms with Crippen molar-refractivity contribution in [3.8, 4) is 0 Å². The second-order valence-corrected chi connectivity index (χ2v) is 9.33. The van der Waals surface area contributed by atoms with E-state index in [-0.39, 0.29) is 6.09 Å². The Hall–Kier alpha value is -0.700. The molecule has 0 rings (SSSR count). The van der Waals surface area contributed by atoms with E-state index in [1.54, 1.807) is 13.8 Å². The molecule has 0 aromatic rings. The Morgan fingerprint density at radius 3 is 2.03 bits per heavy atom.